The Balaban J connectivity index is 4.38. The van der Waals surface area contributed by atoms with Gasteiger partial charge in [0.2, 0.25) is 0 Å². The highest BCUT2D eigenvalue weighted by molar-refractivity contribution is 5.71. The van der Waals surface area contributed by atoms with Crippen LogP contribution in [0.1, 0.15) is 278 Å². The molecule has 6 nitrogen and oxygen atoms in total. The summed E-state index contributed by atoms with van der Waals surface area (Å²) < 4.78 is 16.8. The largest absolute Gasteiger partial charge is 0.462 e. The Kier molecular flexibility index (Phi) is 49.8. The van der Waals surface area contributed by atoms with Gasteiger partial charge in [0.15, 0.2) is 6.10 Å². The highest BCUT2D eigenvalue weighted by atomic mass is 16.6. The van der Waals surface area contributed by atoms with E-state index in [0.717, 1.165) is 96.3 Å². The van der Waals surface area contributed by atoms with E-state index in [2.05, 4.69) is 69.4 Å². The number of unbranched alkanes of at least 4 members (excludes halogenated alkanes) is 30. The molecule has 0 spiro atoms. The molecular weight excluding hydrogens is 781 g/mol. The molecule has 0 aliphatic rings. The third-order valence-electron chi connectivity index (χ3n) is 11.8. The van der Waals surface area contributed by atoms with Gasteiger partial charge in [0.25, 0.3) is 0 Å². The van der Waals surface area contributed by atoms with Crippen LogP contribution < -0.4 is 0 Å². The Labute approximate surface area is 390 Å². The maximum Gasteiger partial charge on any atom is 0.306 e. The van der Waals surface area contributed by atoms with Crippen LogP contribution in [0.25, 0.3) is 0 Å². The zero-order valence-corrected chi connectivity index (χ0v) is 41.8. The van der Waals surface area contributed by atoms with Crippen molar-refractivity contribution < 1.29 is 28.6 Å². The summed E-state index contributed by atoms with van der Waals surface area (Å²) in [4.78, 5) is 38.0. The zero-order valence-electron chi connectivity index (χ0n) is 41.8. The van der Waals surface area contributed by atoms with E-state index in [1.54, 1.807) is 0 Å². The van der Waals surface area contributed by atoms with Crippen molar-refractivity contribution in [2.24, 2.45) is 0 Å². The normalized spacial score (nSPS) is 12.4. The molecule has 0 heterocycles. The van der Waals surface area contributed by atoms with Crippen LogP contribution in [0.2, 0.25) is 0 Å². The molecule has 0 amide bonds. The van der Waals surface area contributed by atoms with Gasteiger partial charge in [-0.15, -0.1) is 0 Å². The number of carbonyl (C=O) groups excluding carboxylic acids is 3. The molecule has 0 bridgehead atoms. The number of esters is 3. The molecular formula is C57H102O6. The summed E-state index contributed by atoms with van der Waals surface area (Å²) in [7, 11) is 0. The molecule has 0 fully saturated rings. The zero-order chi connectivity index (χ0) is 45.8. The van der Waals surface area contributed by atoms with Gasteiger partial charge in [-0.2, -0.15) is 0 Å². The maximum absolute atomic E-state index is 12.8. The number of ether oxygens (including phenoxy) is 3. The van der Waals surface area contributed by atoms with Gasteiger partial charge >= 0.3 is 17.9 Å². The summed E-state index contributed by atoms with van der Waals surface area (Å²) in [6.45, 7) is 6.53. The summed E-state index contributed by atoms with van der Waals surface area (Å²) in [5.41, 5.74) is 0. The first-order chi connectivity index (χ1) is 31.0. The molecule has 1 atom stereocenters. The molecule has 63 heavy (non-hydrogen) atoms. The standard InChI is InChI=1S/C57H102O6/c1-4-7-10-13-16-19-22-25-27-28-30-32-35-38-41-44-47-50-56(59)62-53-54(52-61-55(58)49-46-43-40-37-34-31-24-21-18-15-12-9-6-3)63-57(60)51-48-45-42-39-36-33-29-26-23-20-17-14-11-8-5-2/h8,11,17,20,25-27,29,54H,4-7,9-10,12-16,18-19,21-24,28,30-53H2,1-3H3/b11-8-,20-17-,27-25-,29-26-/t54-/m1/s1. The molecule has 0 radical (unpaired) electrons. The predicted octanol–water partition coefficient (Wildman–Crippen LogP) is 17.9. The lowest BCUT2D eigenvalue weighted by molar-refractivity contribution is -0.167. The van der Waals surface area contributed by atoms with Crippen LogP contribution >= 0.6 is 0 Å². The third kappa shape index (κ3) is 50.2. The van der Waals surface area contributed by atoms with Gasteiger partial charge in [-0.25, -0.2) is 0 Å². The van der Waals surface area contributed by atoms with Gasteiger partial charge in [-0.1, -0.05) is 230 Å². The highest BCUT2D eigenvalue weighted by Crippen LogP contribution is 2.15. The van der Waals surface area contributed by atoms with E-state index in [9.17, 15) is 14.4 Å². The molecule has 0 aromatic carbocycles. The summed E-state index contributed by atoms with van der Waals surface area (Å²) in [6.07, 6.45) is 62.3. The topological polar surface area (TPSA) is 78.9 Å². The van der Waals surface area contributed by atoms with Crippen molar-refractivity contribution in [1.82, 2.24) is 0 Å². The fraction of sp³-hybridized carbons (Fsp3) is 0.807. The molecule has 0 N–H and O–H groups in total. The maximum atomic E-state index is 12.8. The third-order valence-corrected chi connectivity index (χ3v) is 11.8. The van der Waals surface area contributed by atoms with E-state index >= 15 is 0 Å². The van der Waals surface area contributed by atoms with E-state index in [0.29, 0.717) is 19.3 Å². The minimum absolute atomic E-state index is 0.0789. The highest BCUT2D eigenvalue weighted by Gasteiger charge is 2.19. The first kappa shape index (κ1) is 60.4. The Hall–Kier alpha value is -2.63. The number of rotatable bonds is 49. The number of carbonyl (C=O) groups is 3. The second-order valence-electron chi connectivity index (χ2n) is 18.1. The van der Waals surface area contributed by atoms with Crippen molar-refractivity contribution >= 4 is 17.9 Å². The van der Waals surface area contributed by atoms with Crippen molar-refractivity contribution in [2.75, 3.05) is 13.2 Å². The van der Waals surface area contributed by atoms with Crippen LogP contribution in [0.5, 0.6) is 0 Å². The van der Waals surface area contributed by atoms with E-state index in [1.165, 1.54) is 141 Å². The van der Waals surface area contributed by atoms with Gasteiger partial charge in [-0.05, 0) is 77.0 Å². The fourth-order valence-corrected chi connectivity index (χ4v) is 7.75. The first-order valence-corrected chi connectivity index (χ1v) is 27.1. The van der Waals surface area contributed by atoms with Crippen LogP contribution in [0, 0.1) is 0 Å². The molecule has 0 saturated heterocycles. The lowest BCUT2D eigenvalue weighted by Crippen LogP contribution is -2.30. The van der Waals surface area contributed by atoms with Crippen molar-refractivity contribution in [3.05, 3.63) is 48.6 Å². The van der Waals surface area contributed by atoms with Crippen LogP contribution in [0.4, 0.5) is 0 Å². The van der Waals surface area contributed by atoms with Crippen LogP contribution in [-0.2, 0) is 28.6 Å². The Morgan fingerprint density at radius 3 is 0.984 bits per heavy atom. The smallest absolute Gasteiger partial charge is 0.306 e. The van der Waals surface area contributed by atoms with E-state index < -0.39 is 6.10 Å². The average Bonchev–Trinajstić information content (AvgIpc) is 3.28. The van der Waals surface area contributed by atoms with E-state index in [4.69, 9.17) is 14.2 Å². The van der Waals surface area contributed by atoms with Gasteiger partial charge in [0.05, 0.1) is 0 Å². The number of hydrogen-bond acceptors (Lipinski definition) is 6. The second kappa shape index (κ2) is 52.0. The molecule has 0 saturated carbocycles. The average molecular weight is 883 g/mol. The molecule has 0 aromatic heterocycles. The van der Waals surface area contributed by atoms with Crippen LogP contribution in [-0.4, -0.2) is 37.2 Å². The quantitative estimate of drug-likeness (QED) is 0.0262. The van der Waals surface area contributed by atoms with Crippen molar-refractivity contribution in [3.8, 4) is 0 Å². The SMILES string of the molecule is CC/C=C\C/C=C\C/C=C\CCCCCCCC(=O)O[C@@H](COC(=O)CCCCCCCCC/C=C\CCCCCCCC)COC(=O)CCCCCCCCCCCCCCC. The minimum atomic E-state index is -0.781. The lowest BCUT2D eigenvalue weighted by Gasteiger charge is -2.18. The molecule has 0 aromatic rings. The molecule has 0 unspecified atom stereocenters. The van der Waals surface area contributed by atoms with Crippen molar-refractivity contribution in [3.63, 3.8) is 0 Å². The monoisotopic (exact) mass is 883 g/mol. The van der Waals surface area contributed by atoms with E-state index in [-0.39, 0.29) is 31.1 Å². The Morgan fingerprint density at radius 2 is 0.619 bits per heavy atom. The van der Waals surface area contributed by atoms with Gasteiger partial charge in [0.1, 0.15) is 13.2 Å². The summed E-state index contributed by atoms with van der Waals surface area (Å²) in [6, 6.07) is 0. The molecule has 0 aliphatic carbocycles. The second-order valence-corrected chi connectivity index (χ2v) is 18.1. The number of allylic oxidation sites excluding steroid dienone is 8. The lowest BCUT2D eigenvalue weighted by atomic mass is 10.0. The van der Waals surface area contributed by atoms with Crippen LogP contribution in [0.3, 0.4) is 0 Å². The molecule has 0 aliphatic heterocycles. The molecule has 0 rings (SSSR count). The van der Waals surface area contributed by atoms with Gasteiger partial charge < -0.3 is 14.2 Å². The summed E-state index contributed by atoms with van der Waals surface area (Å²) in [5, 5.41) is 0. The molecule has 6 heteroatoms. The van der Waals surface area contributed by atoms with Crippen LogP contribution in [0.15, 0.2) is 48.6 Å². The van der Waals surface area contributed by atoms with Crippen molar-refractivity contribution in [1.29, 1.82) is 0 Å². The minimum Gasteiger partial charge on any atom is -0.462 e. The first-order valence-electron chi connectivity index (χ1n) is 27.1. The van der Waals surface area contributed by atoms with Gasteiger partial charge in [-0.3, -0.25) is 14.4 Å². The number of hydrogen-bond donors (Lipinski definition) is 0. The predicted molar refractivity (Wildman–Crippen MR) is 270 cm³/mol. The summed E-state index contributed by atoms with van der Waals surface area (Å²) >= 11 is 0. The molecule has 366 valence electrons. The fourth-order valence-electron chi connectivity index (χ4n) is 7.75. The summed E-state index contributed by atoms with van der Waals surface area (Å²) in [5.74, 6) is -0.890. The van der Waals surface area contributed by atoms with Crippen molar-refractivity contribution in [2.45, 2.75) is 284 Å². The Morgan fingerprint density at radius 1 is 0.333 bits per heavy atom. The van der Waals surface area contributed by atoms with Gasteiger partial charge in [0, 0.05) is 19.3 Å². The van der Waals surface area contributed by atoms with E-state index in [1.807, 2.05) is 0 Å². The Bertz CT molecular complexity index is 1110.